The van der Waals surface area contributed by atoms with Crippen molar-refractivity contribution < 1.29 is 0 Å². The van der Waals surface area contributed by atoms with Crippen molar-refractivity contribution in [2.24, 2.45) is 17.6 Å². The lowest BCUT2D eigenvalue weighted by Crippen LogP contribution is -2.26. The molecule has 90 valence electrons. The Labute approximate surface area is 95.8 Å². The molecular formula is C14H29N. The Kier molecular flexibility index (Phi) is 7.08. The van der Waals surface area contributed by atoms with Crippen molar-refractivity contribution in [3.05, 3.63) is 0 Å². The Bertz CT molecular complexity index is 144. The maximum Gasteiger partial charge on any atom is -0.00462 e. The summed E-state index contributed by atoms with van der Waals surface area (Å²) < 4.78 is 0. The summed E-state index contributed by atoms with van der Waals surface area (Å²) in [6, 6.07) is 0. The maximum atomic E-state index is 5.85. The van der Waals surface area contributed by atoms with Gasteiger partial charge in [-0.05, 0) is 24.8 Å². The van der Waals surface area contributed by atoms with Gasteiger partial charge >= 0.3 is 0 Å². The molecule has 0 aromatic heterocycles. The molecule has 0 spiro atoms. The second kappa shape index (κ2) is 8.15. The molecule has 0 heterocycles. The number of rotatable bonds is 7. The first-order valence-corrected chi connectivity index (χ1v) is 7.08. The number of hydrogen-bond acceptors (Lipinski definition) is 1. The van der Waals surface area contributed by atoms with Crippen molar-refractivity contribution in [3.8, 4) is 0 Å². The van der Waals surface area contributed by atoms with E-state index in [2.05, 4.69) is 6.92 Å². The zero-order chi connectivity index (χ0) is 10.9. The largest absolute Gasteiger partial charge is 0.330 e. The summed E-state index contributed by atoms with van der Waals surface area (Å²) in [5.41, 5.74) is 5.85. The SMILES string of the molecule is CCCCCCCC1CCCCC1CN. The molecule has 2 N–H and O–H groups in total. The molecule has 1 heteroatoms. The maximum absolute atomic E-state index is 5.85. The van der Waals surface area contributed by atoms with Gasteiger partial charge in [-0.1, -0.05) is 64.7 Å². The third-order valence-corrected chi connectivity index (χ3v) is 4.05. The van der Waals surface area contributed by atoms with Gasteiger partial charge in [-0.15, -0.1) is 0 Å². The van der Waals surface area contributed by atoms with Gasteiger partial charge in [0, 0.05) is 0 Å². The molecule has 1 aliphatic carbocycles. The van der Waals surface area contributed by atoms with E-state index < -0.39 is 0 Å². The summed E-state index contributed by atoms with van der Waals surface area (Å²) in [7, 11) is 0. The molecule has 1 nitrogen and oxygen atoms in total. The molecule has 0 saturated heterocycles. The Morgan fingerprint density at radius 1 is 0.933 bits per heavy atom. The first-order chi connectivity index (χ1) is 7.38. The standard InChI is InChI=1S/C14H29N/c1-2-3-4-5-6-9-13-10-7-8-11-14(13)12-15/h13-14H,2-12,15H2,1H3. The molecule has 1 saturated carbocycles. The smallest absolute Gasteiger partial charge is 0.00462 e. The van der Waals surface area contributed by atoms with E-state index in [0.29, 0.717) is 0 Å². The first-order valence-electron chi connectivity index (χ1n) is 7.08. The van der Waals surface area contributed by atoms with Crippen LogP contribution in [0.5, 0.6) is 0 Å². The topological polar surface area (TPSA) is 26.0 Å². The van der Waals surface area contributed by atoms with Crippen LogP contribution in [0.25, 0.3) is 0 Å². The number of hydrogen-bond donors (Lipinski definition) is 1. The van der Waals surface area contributed by atoms with Crippen LogP contribution < -0.4 is 5.73 Å². The molecule has 0 aliphatic heterocycles. The third kappa shape index (κ3) is 5.01. The van der Waals surface area contributed by atoms with Crippen LogP contribution >= 0.6 is 0 Å². The summed E-state index contributed by atoms with van der Waals surface area (Å²) in [5, 5.41) is 0. The van der Waals surface area contributed by atoms with E-state index in [1.54, 1.807) is 0 Å². The summed E-state index contributed by atoms with van der Waals surface area (Å²) in [6.07, 6.45) is 14.3. The van der Waals surface area contributed by atoms with Crippen LogP contribution in [0.1, 0.15) is 71.1 Å². The molecule has 0 aromatic rings. The molecule has 0 bridgehead atoms. The predicted molar refractivity (Wildman–Crippen MR) is 67.9 cm³/mol. The molecular weight excluding hydrogens is 182 g/mol. The first kappa shape index (κ1) is 13.0. The Morgan fingerprint density at radius 3 is 2.27 bits per heavy atom. The average molecular weight is 211 g/mol. The Hall–Kier alpha value is -0.0400. The quantitative estimate of drug-likeness (QED) is 0.630. The summed E-state index contributed by atoms with van der Waals surface area (Å²) in [4.78, 5) is 0. The van der Waals surface area contributed by atoms with Crippen LogP contribution in [-0.4, -0.2) is 6.54 Å². The van der Waals surface area contributed by atoms with E-state index in [1.165, 1.54) is 64.2 Å². The van der Waals surface area contributed by atoms with Crippen molar-refractivity contribution in [1.29, 1.82) is 0 Å². The van der Waals surface area contributed by atoms with Crippen molar-refractivity contribution >= 4 is 0 Å². The number of nitrogens with two attached hydrogens (primary N) is 1. The van der Waals surface area contributed by atoms with E-state index >= 15 is 0 Å². The van der Waals surface area contributed by atoms with Gasteiger partial charge in [-0.2, -0.15) is 0 Å². The van der Waals surface area contributed by atoms with E-state index in [1.807, 2.05) is 0 Å². The van der Waals surface area contributed by atoms with Gasteiger partial charge in [0.2, 0.25) is 0 Å². The highest BCUT2D eigenvalue weighted by Crippen LogP contribution is 2.32. The molecule has 15 heavy (non-hydrogen) atoms. The van der Waals surface area contributed by atoms with Crippen molar-refractivity contribution in [2.45, 2.75) is 71.1 Å². The average Bonchev–Trinajstić information content (AvgIpc) is 2.29. The van der Waals surface area contributed by atoms with Gasteiger partial charge in [0.05, 0.1) is 0 Å². The normalized spacial score (nSPS) is 26.8. The fourth-order valence-electron chi connectivity index (χ4n) is 2.98. The zero-order valence-corrected chi connectivity index (χ0v) is 10.5. The monoisotopic (exact) mass is 211 g/mol. The lowest BCUT2D eigenvalue weighted by Gasteiger charge is -2.30. The molecule has 0 amide bonds. The Balaban J connectivity index is 2.07. The minimum atomic E-state index is 0.852. The van der Waals surface area contributed by atoms with Crippen LogP contribution in [0.2, 0.25) is 0 Å². The number of unbranched alkanes of at least 4 members (excludes halogenated alkanes) is 4. The van der Waals surface area contributed by atoms with Crippen molar-refractivity contribution in [1.82, 2.24) is 0 Å². The zero-order valence-electron chi connectivity index (χ0n) is 10.5. The van der Waals surface area contributed by atoms with Gasteiger partial charge in [-0.3, -0.25) is 0 Å². The van der Waals surface area contributed by atoms with E-state index in [4.69, 9.17) is 5.73 Å². The van der Waals surface area contributed by atoms with Crippen molar-refractivity contribution in [3.63, 3.8) is 0 Å². The lowest BCUT2D eigenvalue weighted by atomic mass is 9.76. The van der Waals surface area contributed by atoms with Gasteiger partial charge in [0.25, 0.3) is 0 Å². The van der Waals surface area contributed by atoms with Crippen LogP contribution in [0.15, 0.2) is 0 Å². The minimum Gasteiger partial charge on any atom is -0.330 e. The van der Waals surface area contributed by atoms with Crippen LogP contribution in [0, 0.1) is 11.8 Å². The molecule has 2 unspecified atom stereocenters. The van der Waals surface area contributed by atoms with E-state index in [-0.39, 0.29) is 0 Å². The molecule has 0 aromatic carbocycles. The molecule has 1 rings (SSSR count). The Morgan fingerprint density at radius 2 is 1.60 bits per heavy atom. The van der Waals surface area contributed by atoms with Gasteiger partial charge in [0.15, 0.2) is 0 Å². The van der Waals surface area contributed by atoms with Crippen molar-refractivity contribution in [2.75, 3.05) is 6.54 Å². The van der Waals surface area contributed by atoms with Gasteiger partial charge < -0.3 is 5.73 Å². The lowest BCUT2D eigenvalue weighted by molar-refractivity contribution is 0.224. The highest BCUT2D eigenvalue weighted by molar-refractivity contribution is 4.75. The van der Waals surface area contributed by atoms with E-state index in [9.17, 15) is 0 Å². The van der Waals surface area contributed by atoms with Crippen LogP contribution in [0.4, 0.5) is 0 Å². The highest BCUT2D eigenvalue weighted by atomic mass is 14.6. The summed E-state index contributed by atoms with van der Waals surface area (Å²) >= 11 is 0. The highest BCUT2D eigenvalue weighted by Gasteiger charge is 2.22. The van der Waals surface area contributed by atoms with E-state index in [0.717, 1.165) is 18.4 Å². The molecule has 0 radical (unpaired) electrons. The summed E-state index contributed by atoms with van der Waals surface area (Å²) in [6.45, 7) is 3.21. The predicted octanol–water partition coefficient (Wildman–Crippen LogP) is 4.11. The molecule has 1 aliphatic rings. The fraction of sp³-hybridized carbons (Fsp3) is 1.00. The molecule has 1 fully saturated rings. The van der Waals surface area contributed by atoms with Gasteiger partial charge in [0.1, 0.15) is 0 Å². The fourth-order valence-corrected chi connectivity index (χ4v) is 2.98. The van der Waals surface area contributed by atoms with Gasteiger partial charge in [-0.25, -0.2) is 0 Å². The van der Waals surface area contributed by atoms with Crippen LogP contribution in [0.3, 0.4) is 0 Å². The second-order valence-electron chi connectivity index (χ2n) is 5.24. The minimum absolute atomic E-state index is 0.852. The molecule has 2 atom stereocenters. The third-order valence-electron chi connectivity index (χ3n) is 4.05. The second-order valence-corrected chi connectivity index (χ2v) is 5.24. The summed E-state index contributed by atoms with van der Waals surface area (Å²) in [5.74, 6) is 1.82. The van der Waals surface area contributed by atoms with Crippen LogP contribution in [-0.2, 0) is 0 Å².